The van der Waals surface area contributed by atoms with Crippen LogP contribution in [-0.4, -0.2) is 11.8 Å². The van der Waals surface area contributed by atoms with Gasteiger partial charge in [0, 0.05) is 11.3 Å². The van der Waals surface area contributed by atoms with Crippen LogP contribution in [0.4, 0.5) is 10.1 Å². The number of benzene rings is 3. The monoisotopic (exact) mass is 388 g/mol. The molecule has 0 aromatic heterocycles. The molecule has 0 unspecified atom stereocenters. The van der Waals surface area contributed by atoms with Gasteiger partial charge in [-0.05, 0) is 53.9 Å². The molecule has 29 heavy (non-hydrogen) atoms. The van der Waals surface area contributed by atoms with Gasteiger partial charge in [0.25, 0.3) is 5.91 Å². The Bertz CT molecular complexity index is 1050. The van der Waals surface area contributed by atoms with Gasteiger partial charge in [0.2, 0.25) is 5.91 Å². The normalized spacial score (nSPS) is 13.9. The van der Waals surface area contributed by atoms with Crippen molar-refractivity contribution >= 4 is 17.5 Å². The van der Waals surface area contributed by atoms with Gasteiger partial charge in [-0.2, -0.15) is 0 Å². The van der Waals surface area contributed by atoms with Crippen LogP contribution < -0.4 is 10.2 Å². The SMILES string of the molecule is C[C@H](NC(=O)c1ccc2c(c1)CC(=O)N2Cc1ccccc1)c1ccc(F)cc1. The number of nitrogens with zero attached hydrogens (tertiary/aromatic N) is 1. The lowest BCUT2D eigenvalue weighted by Gasteiger charge is -2.18. The summed E-state index contributed by atoms with van der Waals surface area (Å²) >= 11 is 0. The molecule has 1 aliphatic heterocycles. The van der Waals surface area contributed by atoms with E-state index in [4.69, 9.17) is 0 Å². The molecule has 4 rings (SSSR count). The van der Waals surface area contributed by atoms with Crippen molar-refractivity contribution in [2.75, 3.05) is 4.90 Å². The number of anilines is 1. The second-order valence-electron chi connectivity index (χ2n) is 7.23. The highest BCUT2D eigenvalue weighted by molar-refractivity contribution is 6.03. The first kappa shape index (κ1) is 18.9. The van der Waals surface area contributed by atoms with Crippen molar-refractivity contribution in [3.8, 4) is 0 Å². The van der Waals surface area contributed by atoms with Gasteiger partial charge in [-0.1, -0.05) is 42.5 Å². The van der Waals surface area contributed by atoms with Crippen molar-refractivity contribution < 1.29 is 14.0 Å². The van der Waals surface area contributed by atoms with Crippen LogP contribution in [0.25, 0.3) is 0 Å². The van der Waals surface area contributed by atoms with E-state index in [9.17, 15) is 14.0 Å². The predicted octanol–water partition coefficient (Wildman–Crippen LogP) is 4.41. The zero-order valence-corrected chi connectivity index (χ0v) is 16.1. The number of hydrogen-bond donors (Lipinski definition) is 1. The van der Waals surface area contributed by atoms with Gasteiger partial charge in [-0.15, -0.1) is 0 Å². The minimum Gasteiger partial charge on any atom is -0.346 e. The summed E-state index contributed by atoms with van der Waals surface area (Å²) in [5.74, 6) is -0.504. The Morgan fingerprint density at radius 1 is 1.07 bits per heavy atom. The zero-order valence-electron chi connectivity index (χ0n) is 16.1. The Morgan fingerprint density at radius 3 is 2.52 bits per heavy atom. The molecule has 1 N–H and O–H groups in total. The number of fused-ring (bicyclic) bond motifs is 1. The Labute approximate surface area is 169 Å². The molecule has 0 bridgehead atoms. The number of halogens is 1. The number of rotatable bonds is 5. The molecule has 1 atom stereocenters. The number of nitrogens with one attached hydrogen (secondary N) is 1. The van der Waals surface area contributed by atoms with E-state index in [1.54, 1.807) is 29.2 Å². The molecule has 5 heteroatoms. The van der Waals surface area contributed by atoms with E-state index in [1.165, 1.54) is 12.1 Å². The predicted molar refractivity (Wildman–Crippen MR) is 110 cm³/mol. The summed E-state index contributed by atoms with van der Waals surface area (Å²) in [4.78, 5) is 26.9. The number of amides is 2. The van der Waals surface area contributed by atoms with Gasteiger partial charge in [-0.25, -0.2) is 4.39 Å². The first-order valence-electron chi connectivity index (χ1n) is 9.55. The van der Waals surface area contributed by atoms with Gasteiger partial charge >= 0.3 is 0 Å². The fourth-order valence-electron chi connectivity index (χ4n) is 3.58. The molecule has 1 heterocycles. The van der Waals surface area contributed by atoms with Crippen LogP contribution >= 0.6 is 0 Å². The molecule has 0 fully saturated rings. The molecular formula is C24H21FN2O2. The Balaban J connectivity index is 1.49. The standard InChI is InChI=1S/C24H21FN2O2/c1-16(18-7-10-21(25)11-8-18)26-24(29)19-9-12-22-20(13-19)14-23(28)27(22)15-17-5-3-2-4-6-17/h2-13,16H,14-15H2,1H3,(H,26,29)/t16-/m0/s1. The highest BCUT2D eigenvalue weighted by Crippen LogP contribution is 2.31. The minimum atomic E-state index is -0.310. The van der Waals surface area contributed by atoms with Crippen LogP contribution in [0.15, 0.2) is 72.8 Å². The first-order valence-corrected chi connectivity index (χ1v) is 9.55. The topological polar surface area (TPSA) is 49.4 Å². The summed E-state index contributed by atoms with van der Waals surface area (Å²) in [5, 5.41) is 2.93. The van der Waals surface area contributed by atoms with Crippen LogP contribution in [0.2, 0.25) is 0 Å². The van der Waals surface area contributed by atoms with Crippen molar-refractivity contribution in [3.05, 3.63) is 101 Å². The first-order chi connectivity index (χ1) is 14.0. The van der Waals surface area contributed by atoms with Crippen molar-refractivity contribution in [3.63, 3.8) is 0 Å². The van der Waals surface area contributed by atoms with Gasteiger partial charge in [-0.3, -0.25) is 9.59 Å². The van der Waals surface area contributed by atoms with Gasteiger partial charge < -0.3 is 10.2 Å². The van der Waals surface area contributed by atoms with Crippen LogP contribution in [-0.2, 0) is 17.8 Å². The summed E-state index contributed by atoms with van der Waals surface area (Å²) in [6.45, 7) is 2.36. The summed E-state index contributed by atoms with van der Waals surface area (Å²) in [7, 11) is 0. The average Bonchev–Trinajstić information content (AvgIpc) is 3.03. The zero-order chi connectivity index (χ0) is 20.4. The fourth-order valence-corrected chi connectivity index (χ4v) is 3.58. The smallest absolute Gasteiger partial charge is 0.251 e. The molecule has 2 amide bonds. The van der Waals surface area contributed by atoms with Crippen molar-refractivity contribution in [2.24, 2.45) is 0 Å². The van der Waals surface area contributed by atoms with Crippen LogP contribution in [0, 0.1) is 5.82 Å². The summed E-state index contributed by atoms with van der Waals surface area (Å²) in [6, 6.07) is 21.0. The second-order valence-corrected chi connectivity index (χ2v) is 7.23. The lowest BCUT2D eigenvalue weighted by molar-refractivity contribution is -0.117. The molecular weight excluding hydrogens is 367 g/mol. The van der Waals surface area contributed by atoms with Crippen molar-refractivity contribution in [1.82, 2.24) is 5.32 Å². The molecule has 1 aliphatic rings. The fraction of sp³-hybridized carbons (Fsp3) is 0.167. The lowest BCUT2D eigenvalue weighted by Crippen LogP contribution is -2.27. The highest BCUT2D eigenvalue weighted by atomic mass is 19.1. The molecule has 3 aromatic rings. The molecule has 0 spiro atoms. The summed E-state index contributed by atoms with van der Waals surface area (Å²) in [6.07, 6.45) is 0.288. The molecule has 4 nitrogen and oxygen atoms in total. The number of carbonyl (C=O) groups excluding carboxylic acids is 2. The van der Waals surface area contributed by atoms with E-state index in [0.717, 1.165) is 22.4 Å². The maximum absolute atomic E-state index is 13.1. The number of carbonyl (C=O) groups is 2. The maximum Gasteiger partial charge on any atom is 0.251 e. The third kappa shape index (κ3) is 4.04. The molecule has 0 saturated heterocycles. The van der Waals surface area contributed by atoms with E-state index >= 15 is 0 Å². The van der Waals surface area contributed by atoms with E-state index in [2.05, 4.69) is 5.32 Å². The van der Waals surface area contributed by atoms with Gasteiger partial charge in [0.15, 0.2) is 0 Å². The van der Waals surface area contributed by atoms with E-state index in [0.29, 0.717) is 12.1 Å². The number of hydrogen-bond acceptors (Lipinski definition) is 2. The quantitative estimate of drug-likeness (QED) is 0.704. The molecule has 3 aromatic carbocycles. The van der Waals surface area contributed by atoms with Crippen LogP contribution in [0.3, 0.4) is 0 Å². The lowest BCUT2D eigenvalue weighted by atomic mass is 10.1. The van der Waals surface area contributed by atoms with E-state index < -0.39 is 0 Å². The summed E-state index contributed by atoms with van der Waals surface area (Å²) in [5.41, 5.74) is 4.09. The summed E-state index contributed by atoms with van der Waals surface area (Å²) < 4.78 is 13.1. The molecule has 0 saturated carbocycles. The Morgan fingerprint density at radius 2 is 1.79 bits per heavy atom. The van der Waals surface area contributed by atoms with Crippen LogP contribution in [0.5, 0.6) is 0 Å². The van der Waals surface area contributed by atoms with Crippen molar-refractivity contribution in [2.45, 2.75) is 25.9 Å². The average molecular weight is 388 g/mol. The maximum atomic E-state index is 13.1. The van der Waals surface area contributed by atoms with Crippen LogP contribution in [0.1, 0.15) is 40.0 Å². The molecule has 0 aliphatic carbocycles. The Kier molecular flexibility index (Phi) is 5.12. The highest BCUT2D eigenvalue weighted by Gasteiger charge is 2.28. The largest absolute Gasteiger partial charge is 0.346 e. The van der Waals surface area contributed by atoms with Gasteiger partial charge in [0.05, 0.1) is 19.0 Å². The minimum absolute atomic E-state index is 0.0288. The van der Waals surface area contributed by atoms with Gasteiger partial charge in [0.1, 0.15) is 5.82 Å². The Hall–Kier alpha value is -3.47. The second kappa shape index (κ2) is 7.87. The van der Waals surface area contributed by atoms with E-state index in [-0.39, 0.29) is 30.1 Å². The molecule has 0 radical (unpaired) electrons. The van der Waals surface area contributed by atoms with E-state index in [1.807, 2.05) is 43.3 Å². The van der Waals surface area contributed by atoms with Crippen molar-refractivity contribution in [1.29, 1.82) is 0 Å². The molecule has 146 valence electrons. The third-order valence-electron chi connectivity index (χ3n) is 5.18. The third-order valence-corrected chi connectivity index (χ3v) is 5.18.